The zero-order valence-electron chi connectivity index (χ0n) is 11.0. The van der Waals surface area contributed by atoms with Gasteiger partial charge in [0.05, 0.1) is 12.0 Å². The molecule has 0 spiro atoms. The Balaban J connectivity index is 1.80. The molecule has 4 nitrogen and oxygen atoms in total. The van der Waals surface area contributed by atoms with Gasteiger partial charge >= 0.3 is 0 Å². The minimum absolute atomic E-state index is 0.0222. The Morgan fingerprint density at radius 1 is 1.32 bits per heavy atom. The molecule has 19 heavy (non-hydrogen) atoms. The summed E-state index contributed by atoms with van der Waals surface area (Å²) in [5.74, 6) is 0.561. The van der Waals surface area contributed by atoms with Gasteiger partial charge in [-0.2, -0.15) is 0 Å². The first-order chi connectivity index (χ1) is 9.24. The SMILES string of the molecule is NC(=O)C1CCCNC1c1cccc(OC2CC2)c1. The molecule has 1 saturated carbocycles. The van der Waals surface area contributed by atoms with E-state index in [0.717, 1.165) is 43.5 Å². The molecule has 0 radical (unpaired) electrons. The Labute approximate surface area is 113 Å². The van der Waals surface area contributed by atoms with Crippen LogP contribution in [0.25, 0.3) is 0 Å². The number of nitrogens with one attached hydrogen (secondary N) is 1. The number of ether oxygens (including phenoxy) is 1. The van der Waals surface area contributed by atoms with Crippen LogP contribution in [0.5, 0.6) is 5.75 Å². The average molecular weight is 260 g/mol. The standard InChI is InChI=1S/C15H20N2O2/c16-15(18)13-5-2-8-17-14(13)10-3-1-4-12(9-10)19-11-6-7-11/h1,3-4,9,11,13-14,17H,2,5-8H2,(H2,16,18). The third kappa shape index (κ3) is 2.89. The average Bonchev–Trinajstić information content (AvgIpc) is 3.23. The lowest BCUT2D eigenvalue weighted by molar-refractivity contribution is -0.123. The van der Waals surface area contributed by atoms with Gasteiger partial charge in [-0.15, -0.1) is 0 Å². The number of primary amides is 1. The Morgan fingerprint density at radius 2 is 2.16 bits per heavy atom. The van der Waals surface area contributed by atoms with Crippen LogP contribution in [0.4, 0.5) is 0 Å². The lowest BCUT2D eigenvalue weighted by Gasteiger charge is -2.31. The Morgan fingerprint density at radius 3 is 2.89 bits per heavy atom. The van der Waals surface area contributed by atoms with Crippen LogP contribution in [0.1, 0.15) is 37.3 Å². The summed E-state index contributed by atoms with van der Waals surface area (Å²) in [6.45, 7) is 0.933. The maximum atomic E-state index is 11.6. The molecule has 0 bridgehead atoms. The zero-order valence-corrected chi connectivity index (χ0v) is 11.0. The molecule has 102 valence electrons. The van der Waals surface area contributed by atoms with E-state index in [1.807, 2.05) is 24.3 Å². The lowest BCUT2D eigenvalue weighted by atomic mass is 9.86. The van der Waals surface area contributed by atoms with Crippen molar-refractivity contribution in [2.45, 2.75) is 37.8 Å². The summed E-state index contributed by atoms with van der Waals surface area (Å²) < 4.78 is 5.81. The van der Waals surface area contributed by atoms with Gasteiger partial charge in [0.1, 0.15) is 5.75 Å². The number of rotatable bonds is 4. The summed E-state index contributed by atoms with van der Waals surface area (Å²) in [6, 6.07) is 8.07. The van der Waals surface area contributed by atoms with E-state index in [1.165, 1.54) is 0 Å². The van der Waals surface area contributed by atoms with E-state index in [9.17, 15) is 4.79 Å². The summed E-state index contributed by atoms with van der Waals surface area (Å²) in [7, 11) is 0. The molecule has 4 heteroatoms. The summed E-state index contributed by atoms with van der Waals surface area (Å²) in [6.07, 6.45) is 4.55. The van der Waals surface area contributed by atoms with E-state index in [1.54, 1.807) is 0 Å². The van der Waals surface area contributed by atoms with Gasteiger partial charge in [-0.1, -0.05) is 12.1 Å². The Kier molecular flexibility index (Phi) is 3.42. The van der Waals surface area contributed by atoms with E-state index >= 15 is 0 Å². The number of benzene rings is 1. The molecular weight excluding hydrogens is 240 g/mol. The summed E-state index contributed by atoms with van der Waals surface area (Å²) in [4.78, 5) is 11.6. The smallest absolute Gasteiger partial charge is 0.222 e. The maximum Gasteiger partial charge on any atom is 0.222 e. The fourth-order valence-corrected chi connectivity index (χ4v) is 2.70. The minimum Gasteiger partial charge on any atom is -0.490 e. The number of hydrogen-bond acceptors (Lipinski definition) is 3. The molecule has 3 rings (SSSR count). The third-order valence-electron chi connectivity index (χ3n) is 3.87. The maximum absolute atomic E-state index is 11.6. The Bertz CT molecular complexity index is 471. The normalized spacial score (nSPS) is 26.9. The van der Waals surface area contributed by atoms with Gasteiger partial charge in [0.2, 0.25) is 5.91 Å². The fraction of sp³-hybridized carbons (Fsp3) is 0.533. The quantitative estimate of drug-likeness (QED) is 0.867. The molecule has 2 aliphatic rings. The van der Waals surface area contributed by atoms with E-state index in [4.69, 9.17) is 10.5 Å². The molecule has 1 aromatic rings. The van der Waals surface area contributed by atoms with Gasteiger partial charge in [-0.25, -0.2) is 0 Å². The highest BCUT2D eigenvalue weighted by Crippen LogP contribution is 2.32. The number of piperidine rings is 1. The Hall–Kier alpha value is -1.55. The third-order valence-corrected chi connectivity index (χ3v) is 3.87. The first kappa shape index (κ1) is 12.5. The van der Waals surface area contributed by atoms with Gasteiger partial charge in [-0.3, -0.25) is 4.79 Å². The second kappa shape index (κ2) is 5.21. The molecule has 2 unspecified atom stereocenters. The molecule has 1 amide bonds. The monoisotopic (exact) mass is 260 g/mol. The predicted octanol–water partition coefficient (Wildman–Crippen LogP) is 1.75. The van der Waals surface area contributed by atoms with E-state index in [0.29, 0.717) is 6.10 Å². The summed E-state index contributed by atoms with van der Waals surface area (Å²) >= 11 is 0. The van der Waals surface area contributed by atoms with Crippen LogP contribution in [0, 0.1) is 5.92 Å². The van der Waals surface area contributed by atoms with Crippen molar-refractivity contribution in [1.29, 1.82) is 0 Å². The van der Waals surface area contributed by atoms with E-state index in [-0.39, 0.29) is 17.9 Å². The van der Waals surface area contributed by atoms with Crippen LogP contribution >= 0.6 is 0 Å². The van der Waals surface area contributed by atoms with Crippen LogP contribution in [-0.4, -0.2) is 18.6 Å². The molecule has 1 aliphatic heterocycles. The van der Waals surface area contributed by atoms with Crippen LogP contribution in [0.15, 0.2) is 24.3 Å². The van der Waals surface area contributed by atoms with Crippen molar-refractivity contribution in [2.24, 2.45) is 11.7 Å². The van der Waals surface area contributed by atoms with Crippen molar-refractivity contribution in [1.82, 2.24) is 5.32 Å². The topological polar surface area (TPSA) is 64.4 Å². The number of nitrogens with two attached hydrogens (primary N) is 1. The molecular formula is C15H20N2O2. The van der Waals surface area contributed by atoms with Crippen molar-refractivity contribution in [3.63, 3.8) is 0 Å². The lowest BCUT2D eigenvalue weighted by Crippen LogP contribution is -2.40. The second-order valence-electron chi connectivity index (χ2n) is 5.47. The van der Waals surface area contributed by atoms with Crippen molar-refractivity contribution in [2.75, 3.05) is 6.54 Å². The number of hydrogen-bond donors (Lipinski definition) is 2. The highest BCUT2D eigenvalue weighted by molar-refractivity contribution is 5.77. The van der Waals surface area contributed by atoms with Crippen LogP contribution in [0.3, 0.4) is 0 Å². The zero-order chi connectivity index (χ0) is 13.2. The number of carbonyl (C=O) groups is 1. The highest BCUT2D eigenvalue weighted by atomic mass is 16.5. The van der Waals surface area contributed by atoms with Gasteiger partial charge in [0, 0.05) is 6.04 Å². The molecule has 2 atom stereocenters. The highest BCUT2D eigenvalue weighted by Gasteiger charge is 2.30. The van der Waals surface area contributed by atoms with Gasteiger partial charge in [-0.05, 0) is 49.9 Å². The first-order valence-corrected chi connectivity index (χ1v) is 7.03. The van der Waals surface area contributed by atoms with Crippen molar-refractivity contribution in [3.8, 4) is 5.75 Å². The molecule has 1 aromatic carbocycles. The predicted molar refractivity (Wildman–Crippen MR) is 72.8 cm³/mol. The van der Waals surface area contributed by atoms with Crippen LogP contribution in [-0.2, 0) is 4.79 Å². The molecule has 1 heterocycles. The molecule has 3 N–H and O–H groups in total. The van der Waals surface area contributed by atoms with Crippen molar-refractivity contribution in [3.05, 3.63) is 29.8 Å². The summed E-state index contributed by atoms with van der Waals surface area (Å²) in [5.41, 5.74) is 6.61. The van der Waals surface area contributed by atoms with E-state index < -0.39 is 0 Å². The van der Waals surface area contributed by atoms with Crippen LogP contribution < -0.4 is 15.8 Å². The first-order valence-electron chi connectivity index (χ1n) is 7.03. The van der Waals surface area contributed by atoms with Crippen molar-refractivity contribution < 1.29 is 9.53 Å². The number of carbonyl (C=O) groups excluding carboxylic acids is 1. The van der Waals surface area contributed by atoms with Gasteiger partial charge in [0.15, 0.2) is 0 Å². The summed E-state index contributed by atoms with van der Waals surface area (Å²) in [5, 5.41) is 3.41. The van der Waals surface area contributed by atoms with Gasteiger partial charge in [0.25, 0.3) is 0 Å². The van der Waals surface area contributed by atoms with Crippen LogP contribution in [0.2, 0.25) is 0 Å². The largest absolute Gasteiger partial charge is 0.490 e. The fourth-order valence-electron chi connectivity index (χ4n) is 2.70. The minimum atomic E-state index is -0.217. The second-order valence-corrected chi connectivity index (χ2v) is 5.47. The van der Waals surface area contributed by atoms with Crippen molar-refractivity contribution >= 4 is 5.91 Å². The molecule has 2 fully saturated rings. The van der Waals surface area contributed by atoms with E-state index in [2.05, 4.69) is 5.32 Å². The number of amides is 1. The molecule has 0 aromatic heterocycles. The van der Waals surface area contributed by atoms with Gasteiger partial charge < -0.3 is 15.8 Å². The molecule has 1 aliphatic carbocycles. The molecule has 1 saturated heterocycles.